The second-order valence-electron chi connectivity index (χ2n) is 5.02. The van der Waals surface area contributed by atoms with Crippen LogP contribution in [0.2, 0.25) is 5.02 Å². The lowest BCUT2D eigenvalue weighted by molar-refractivity contribution is -0.136. The third-order valence-corrected chi connectivity index (χ3v) is 3.30. The van der Waals surface area contributed by atoms with Crippen LogP contribution in [0.25, 0.3) is 0 Å². The predicted molar refractivity (Wildman–Crippen MR) is 88.1 cm³/mol. The molecule has 2 rings (SSSR count). The van der Waals surface area contributed by atoms with Gasteiger partial charge in [-0.1, -0.05) is 23.7 Å². The number of nitrogens with one attached hydrogen (secondary N) is 1. The van der Waals surface area contributed by atoms with E-state index in [1.807, 2.05) is 6.92 Å². The average Bonchev–Trinajstić information content (AvgIpc) is 2.46. The molecule has 2 aromatic carbocycles. The molecule has 0 atom stereocenters. The summed E-state index contributed by atoms with van der Waals surface area (Å²) in [5.74, 6) is -0.661. The Kier molecular flexibility index (Phi) is 5.60. The summed E-state index contributed by atoms with van der Waals surface area (Å²) in [5.41, 5.74) is 1.99. The van der Waals surface area contributed by atoms with Gasteiger partial charge in [-0.15, -0.1) is 0 Å². The molecule has 5 nitrogen and oxygen atoms in total. The fourth-order valence-corrected chi connectivity index (χ4v) is 2.28. The van der Waals surface area contributed by atoms with Crippen LogP contribution < -0.4 is 10.1 Å². The Labute approximate surface area is 138 Å². The standard InChI is InChI=1S/C17H16ClNO4/c1-11-7-13(18)5-6-15(11)23-10-16(20)19-14-4-2-3-12(8-14)9-17(21)22/h2-8H,9-10H2,1H3,(H,19,20)(H,21,22). The Balaban J connectivity index is 1.93. The number of anilines is 1. The van der Waals surface area contributed by atoms with Crippen LogP contribution >= 0.6 is 11.6 Å². The molecule has 0 aliphatic carbocycles. The number of benzene rings is 2. The van der Waals surface area contributed by atoms with E-state index in [4.69, 9.17) is 21.4 Å². The summed E-state index contributed by atoms with van der Waals surface area (Å²) in [4.78, 5) is 22.6. The van der Waals surface area contributed by atoms with Crippen molar-refractivity contribution < 1.29 is 19.4 Å². The molecule has 2 aromatic rings. The molecule has 2 N–H and O–H groups in total. The molecule has 0 heterocycles. The highest BCUT2D eigenvalue weighted by Gasteiger charge is 2.07. The number of halogens is 1. The summed E-state index contributed by atoms with van der Waals surface area (Å²) < 4.78 is 5.46. The zero-order valence-corrected chi connectivity index (χ0v) is 13.3. The first-order chi connectivity index (χ1) is 10.9. The van der Waals surface area contributed by atoms with Crippen molar-refractivity contribution in [3.05, 3.63) is 58.6 Å². The summed E-state index contributed by atoms with van der Waals surface area (Å²) in [5, 5.41) is 12.1. The monoisotopic (exact) mass is 333 g/mol. The van der Waals surface area contributed by atoms with Gasteiger partial charge in [0.25, 0.3) is 5.91 Å². The molecule has 120 valence electrons. The quantitative estimate of drug-likeness (QED) is 0.850. The SMILES string of the molecule is Cc1cc(Cl)ccc1OCC(=O)Nc1cccc(CC(=O)O)c1. The highest BCUT2D eigenvalue weighted by atomic mass is 35.5. The molecule has 0 aliphatic heterocycles. The number of rotatable bonds is 6. The highest BCUT2D eigenvalue weighted by Crippen LogP contribution is 2.21. The van der Waals surface area contributed by atoms with Crippen molar-refractivity contribution in [2.45, 2.75) is 13.3 Å². The first-order valence-electron chi connectivity index (χ1n) is 6.93. The smallest absolute Gasteiger partial charge is 0.307 e. The van der Waals surface area contributed by atoms with E-state index in [1.165, 1.54) is 0 Å². The van der Waals surface area contributed by atoms with E-state index in [0.29, 0.717) is 22.0 Å². The largest absolute Gasteiger partial charge is 0.483 e. The first kappa shape index (κ1) is 16.8. The molecule has 0 fully saturated rings. The van der Waals surface area contributed by atoms with Crippen LogP contribution in [0.15, 0.2) is 42.5 Å². The third kappa shape index (κ3) is 5.30. The number of carboxylic acids is 1. The van der Waals surface area contributed by atoms with Crippen LogP contribution in [0.1, 0.15) is 11.1 Å². The third-order valence-electron chi connectivity index (χ3n) is 3.06. The van der Waals surface area contributed by atoms with Crippen LogP contribution in [-0.4, -0.2) is 23.6 Å². The molecule has 0 bridgehead atoms. The van der Waals surface area contributed by atoms with E-state index >= 15 is 0 Å². The Morgan fingerprint density at radius 2 is 2.00 bits per heavy atom. The van der Waals surface area contributed by atoms with Crippen LogP contribution in [0.4, 0.5) is 5.69 Å². The van der Waals surface area contributed by atoms with Gasteiger partial charge in [0, 0.05) is 10.7 Å². The number of carbonyl (C=O) groups is 2. The van der Waals surface area contributed by atoms with Gasteiger partial charge in [0.2, 0.25) is 0 Å². The number of aryl methyl sites for hydroxylation is 1. The number of hydrogen-bond donors (Lipinski definition) is 2. The molecule has 6 heteroatoms. The average molecular weight is 334 g/mol. The van der Waals surface area contributed by atoms with E-state index in [2.05, 4.69) is 5.32 Å². The second kappa shape index (κ2) is 7.65. The van der Waals surface area contributed by atoms with Gasteiger partial charge in [-0.25, -0.2) is 0 Å². The number of hydrogen-bond acceptors (Lipinski definition) is 3. The minimum absolute atomic E-state index is 0.0931. The molecule has 0 saturated carbocycles. The number of aliphatic carboxylic acids is 1. The first-order valence-corrected chi connectivity index (χ1v) is 7.31. The molecule has 0 aromatic heterocycles. The maximum atomic E-state index is 11.9. The van der Waals surface area contributed by atoms with Crippen molar-refractivity contribution in [2.24, 2.45) is 0 Å². The van der Waals surface area contributed by atoms with E-state index in [1.54, 1.807) is 42.5 Å². The topological polar surface area (TPSA) is 75.6 Å². The van der Waals surface area contributed by atoms with Gasteiger partial charge in [-0.2, -0.15) is 0 Å². The normalized spacial score (nSPS) is 10.2. The maximum Gasteiger partial charge on any atom is 0.307 e. The van der Waals surface area contributed by atoms with Gasteiger partial charge >= 0.3 is 5.97 Å². The Morgan fingerprint density at radius 1 is 1.22 bits per heavy atom. The summed E-state index contributed by atoms with van der Waals surface area (Å²) in [6, 6.07) is 11.9. The van der Waals surface area contributed by atoms with Crippen LogP contribution in [0.3, 0.4) is 0 Å². The number of carbonyl (C=O) groups excluding carboxylic acids is 1. The van der Waals surface area contributed by atoms with Crippen LogP contribution in [0.5, 0.6) is 5.75 Å². The van der Waals surface area contributed by atoms with Crippen LogP contribution in [0, 0.1) is 6.92 Å². The molecule has 0 radical (unpaired) electrons. The fourth-order valence-electron chi connectivity index (χ4n) is 2.05. The zero-order chi connectivity index (χ0) is 16.8. The molecule has 1 amide bonds. The molecular formula is C17H16ClNO4. The maximum absolute atomic E-state index is 11.9. The van der Waals surface area contributed by atoms with Gasteiger partial charge in [0.15, 0.2) is 6.61 Å². The van der Waals surface area contributed by atoms with Crippen molar-refractivity contribution in [3.8, 4) is 5.75 Å². The van der Waals surface area contributed by atoms with Crippen molar-refractivity contribution in [2.75, 3.05) is 11.9 Å². The van der Waals surface area contributed by atoms with Gasteiger partial charge < -0.3 is 15.2 Å². The lowest BCUT2D eigenvalue weighted by Gasteiger charge is -2.10. The number of carboxylic acid groups (broad SMARTS) is 1. The Morgan fingerprint density at radius 3 is 2.70 bits per heavy atom. The number of amides is 1. The van der Waals surface area contributed by atoms with E-state index < -0.39 is 5.97 Å². The van der Waals surface area contributed by atoms with E-state index in [9.17, 15) is 9.59 Å². The highest BCUT2D eigenvalue weighted by molar-refractivity contribution is 6.30. The van der Waals surface area contributed by atoms with Gasteiger partial charge in [-0.3, -0.25) is 9.59 Å². The van der Waals surface area contributed by atoms with Crippen molar-refractivity contribution in [1.82, 2.24) is 0 Å². The minimum atomic E-state index is -0.921. The summed E-state index contributed by atoms with van der Waals surface area (Å²) in [6.45, 7) is 1.69. The second-order valence-corrected chi connectivity index (χ2v) is 5.45. The van der Waals surface area contributed by atoms with Gasteiger partial charge in [0.05, 0.1) is 6.42 Å². The van der Waals surface area contributed by atoms with E-state index in [0.717, 1.165) is 5.56 Å². The summed E-state index contributed by atoms with van der Waals surface area (Å²) in [6.07, 6.45) is -0.0931. The van der Waals surface area contributed by atoms with Crippen LogP contribution in [-0.2, 0) is 16.0 Å². The Bertz CT molecular complexity index is 730. The summed E-state index contributed by atoms with van der Waals surface area (Å²) >= 11 is 5.86. The molecule has 0 aliphatic rings. The van der Waals surface area contributed by atoms with Crippen molar-refractivity contribution in [1.29, 1.82) is 0 Å². The van der Waals surface area contributed by atoms with Gasteiger partial charge in [0.1, 0.15) is 5.75 Å². The molecule has 0 unspecified atom stereocenters. The lowest BCUT2D eigenvalue weighted by atomic mass is 10.1. The van der Waals surface area contributed by atoms with Gasteiger partial charge in [-0.05, 0) is 48.4 Å². The molecule has 23 heavy (non-hydrogen) atoms. The Hall–Kier alpha value is -2.53. The van der Waals surface area contributed by atoms with Crippen molar-refractivity contribution >= 4 is 29.2 Å². The molecule has 0 spiro atoms. The molecule has 0 saturated heterocycles. The summed E-state index contributed by atoms with van der Waals surface area (Å²) in [7, 11) is 0. The minimum Gasteiger partial charge on any atom is -0.483 e. The van der Waals surface area contributed by atoms with E-state index in [-0.39, 0.29) is 18.9 Å². The molecular weight excluding hydrogens is 318 g/mol. The number of ether oxygens (including phenoxy) is 1. The van der Waals surface area contributed by atoms with Crippen molar-refractivity contribution in [3.63, 3.8) is 0 Å². The lowest BCUT2D eigenvalue weighted by Crippen LogP contribution is -2.20. The zero-order valence-electron chi connectivity index (χ0n) is 12.5. The fraction of sp³-hybridized carbons (Fsp3) is 0.176. The predicted octanol–water partition coefficient (Wildman–Crippen LogP) is 3.29.